The Hall–Kier alpha value is -0.360. The molecule has 1 atom stereocenters. The van der Waals surface area contributed by atoms with Crippen molar-refractivity contribution in [2.45, 2.75) is 38.4 Å². The van der Waals surface area contributed by atoms with Gasteiger partial charge in [0.25, 0.3) is 0 Å². The van der Waals surface area contributed by atoms with Crippen LogP contribution in [0.2, 0.25) is 0 Å². The van der Waals surface area contributed by atoms with Crippen molar-refractivity contribution in [1.29, 1.82) is 0 Å². The molecule has 16 heavy (non-hydrogen) atoms. The number of hydrogen-bond donors (Lipinski definition) is 1. The van der Waals surface area contributed by atoms with Gasteiger partial charge in [0, 0.05) is 12.1 Å². The summed E-state index contributed by atoms with van der Waals surface area (Å²) in [4.78, 5) is 1.36. The first-order valence-electron chi connectivity index (χ1n) is 5.25. The van der Waals surface area contributed by atoms with Crippen LogP contribution in [0.25, 0.3) is 0 Å². The quantitative estimate of drug-likeness (QED) is 0.784. The van der Waals surface area contributed by atoms with E-state index >= 15 is 0 Å². The molecule has 94 valence electrons. The molecule has 1 aliphatic rings. The number of nitrogens with two attached hydrogens (primary N) is 1. The van der Waals surface area contributed by atoms with Gasteiger partial charge in [-0.15, -0.1) is 0 Å². The van der Waals surface area contributed by atoms with Crippen molar-refractivity contribution in [3.05, 3.63) is 0 Å². The van der Waals surface area contributed by atoms with Crippen LogP contribution in [0.15, 0.2) is 0 Å². The number of halogens is 3. The summed E-state index contributed by atoms with van der Waals surface area (Å²) < 4.78 is 38.0. The van der Waals surface area contributed by atoms with Crippen LogP contribution in [0.3, 0.4) is 0 Å². The molecular formula is C10H17F3N2S. The molecule has 6 heteroatoms. The van der Waals surface area contributed by atoms with Crippen LogP contribution in [0.5, 0.6) is 0 Å². The largest absolute Gasteiger partial charge is 0.399 e. The Labute approximate surface area is 99.0 Å². The minimum atomic E-state index is -4.34. The van der Waals surface area contributed by atoms with Gasteiger partial charge in [-0.3, -0.25) is 4.90 Å². The number of thiocarbonyl (C=S) groups is 1. The van der Waals surface area contributed by atoms with E-state index in [-0.39, 0.29) is 12.1 Å². The number of likely N-dealkylation sites (tertiary alicyclic amines) is 1. The first-order valence-corrected chi connectivity index (χ1v) is 5.66. The number of rotatable bonds is 3. The molecule has 0 aliphatic carbocycles. The van der Waals surface area contributed by atoms with Crippen LogP contribution in [0.1, 0.15) is 26.7 Å². The average Bonchev–Trinajstić information content (AvgIpc) is 2.38. The average molecular weight is 254 g/mol. The molecule has 1 aliphatic heterocycles. The standard InChI is InChI=1S/C10H17F3N2S/c1-9(2)4-3-5-15(9)6-7(8(14)16)10(11,12)13/h7H,3-6H2,1-2H3,(H2,14,16). The van der Waals surface area contributed by atoms with Crippen LogP contribution < -0.4 is 5.73 Å². The maximum absolute atomic E-state index is 12.7. The SMILES string of the molecule is CC1(C)CCCN1CC(C(N)=S)C(F)(F)F. The van der Waals surface area contributed by atoms with Gasteiger partial charge in [0.1, 0.15) is 5.92 Å². The summed E-state index contributed by atoms with van der Waals surface area (Å²) in [6, 6.07) is 0. The molecule has 1 rings (SSSR count). The van der Waals surface area contributed by atoms with E-state index < -0.39 is 17.1 Å². The van der Waals surface area contributed by atoms with E-state index in [4.69, 9.17) is 5.73 Å². The Kier molecular flexibility index (Phi) is 3.84. The first kappa shape index (κ1) is 13.7. The van der Waals surface area contributed by atoms with Crippen LogP contribution in [-0.2, 0) is 0 Å². The summed E-state index contributed by atoms with van der Waals surface area (Å²) in [5.74, 6) is -1.69. The summed E-state index contributed by atoms with van der Waals surface area (Å²) in [5, 5.41) is 0. The second-order valence-electron chi connectivity index (χ2n) is 4.86. The predicted octanol–water partition coefficient (Wildman–Crippen LogP) is 2.33. The second-order valence-corrected chi connectivity index (χ2v) is 5.33. The highest BCUT2D eigenvalue weighted by Gasteiger charge is 2.45. The van der Waals surface area contributed by atoms with Crippen molar-refractivity contribution in [1.82, 2.24) is 4.90 Å². The molecule has 1 fully saturated rings. The topological polar surface area (TPSA) is 29.3 Å². The highest BCUT2D eigenvalue weighted by molar-refractivity contribution is 7.80. The molecule has 0 aromatic heterocycles. The first-order chi connectivity index (χ1) is 7.14. The van der Waals surface area contributed by atoms with Crippen molar-refractivity contribution < 1.29 is 13.2 Å². The molecule has 2 nitrogen and oxygen atoms in total. The van der Waals surface area contributed by atoms with Crippen molar-refractivity contribution >= 4 is 17.2 Å². The van der Waals surface area contributed by atoms with Gasteiger partial charge in [0.2, 0.25) is 0 Å². The van der Waals surface area contributed by atoms with Gasteiger partial charge in [0.05, 0.1) is 4.99 Å². The third-order valence-electron chi connectivity index (χ3n) is 3.21. The van der Waals surface area contributed by atoms with Gasteiger partial charge in [-0.2, -0.15) is 13.2 Å². The zero-order valence-electron chi connectivity index (χ0n) is 9.47. The molecule has 1 heterocycles. The Morgan fingerprint density at radius 2 is 2.06 bits per heavy atom. The smallest absolute Gasteiger partial charge is 0.393 e. The summed E-state index contributed by atoms with van der Waals surface area (Å²) in [6.07, 6.45) is -2.51. The fraction of sp³-hybridized carbons (Fsp3) is 0.900. The third-order valence-corrected chi connectivity index (χ3v) is 3.50. The van der Waals surface area contributed by atoms with Gasteiger partial charge in [0.15, 0.2) is 0 Å². The predicted molar refractivity (Wildman–Crippen MR) is 61.2 cm³/mol. The number of alkyl halides is 3. The van der Waals surface area contributed by atoms with Crippen molar-refractivity contribution in [2.24, 2.45) is 11.7 Å². The molecule has 0 bridgehead atoms. The van der Waals surface area contributed by atoms with Gasteiger partial charge < -0.3 is 5.73 Å². The van der Waals surface area contributed by atoms with E-state index in [1.165, 1.54) is 0 Å². The molecule has 0 saturated carbocycles. The fourth-order valence-corrected chi connectivity index (χ4v) is 2.29. The molecule has 0 amide bonds. The Bertz CT molecular complexity index is 276. The molecule has 0 aromatic carbocycles. The second kappa shape index (κ2) is 4.49. The number of hydrogen-bond acceptors (Lipinski definition) is 2. The normalized spacial score (nSPS) is 23.3. The lowest BCUT2D eigenvalue weighted by atomic mass is 10.00. The van der Waals surface area contributed by atoms with E-state index in [0.717, 1.165) is 12.8 Å². The van der Waals surface area contributed by atoms with Gasteiger partial charge >= 0.3 is 6.18 Å². The van der Waals surface area contributed by atoms with E-state index in [9.17, 15) is 13.2 Å². The van der Waals surface area contributed by atoms with Crippen molar-refractivity contribution in [3.63, 3.8) is 0 Å². The minimum Gasteiger partial charge on any atom is -0.393 e. The molecule has 0 radical (unpaired) electrons. The van der Waals surface area contributed by atoms with E-state index in [2.05, 4.69) is 12.2 Å². The minimum absolute atomic E-state index is 0.119. The summed E-state index contributed by atoms with van der Waals surface area (Å²) in [5.41, 5.74) is 4.99. The summed E-state index contributed by atoms with van der Waals surface area (Å²) >= 11 is 4.51. The maximum atomic E-state index is 12.7. The lowest BCUT2D eigenvalue weighted by molar-refractivity contribution is -0.160. The number of nitrogens with zero attached hydrogens (tertiary/aromatic N) is 1. The molecular weight excluding hydrogens is 237 g/mol. The zero-order chi connectivity index (χ0) is 12.6. The van der Waals surface area contributed by atoms with E-state index in [0.29, 0.717) is 6.54 Å². The van der Waals surface area contributed by atoms with Gasteiger partial charge in [-0.1, -0.05) is 12.2 Å². The van der Waals surface area contributed by atoms with Gasteiger partial charge in [-0.25, -0.2) is 0 Å². The zero-order valence-corrected chi connectivity index (χ0v) is 10.3. The Balaban J connectivity index is 2.73. The molecule has 0 spiro atoms. The third kappa shape index (κ3) is 3.07. The lowest BCUT2D eigenvalue weighted by Gasteiger charge is -2.34. The highest BCUT2D eigenvalue weighted by atomic mass is 32.1. The van der Waals surface area contributed by atoms with Crippen molar-refractivity contribution in [3.8, 4) is 0 Å². The molecule has 1 unspecified atom stereocenters. The van der Waals surface area contributed by atoms with Crippen LogP contribution in [0, 0.1) is 5.92 Å². The Morgan fingerprint density at radius 3 is 2.38 bits per heavy atom. The summed E-state index contributed by atoms with van der Waals surface area (Å²) in [6.45, 7) is 4.47. The molecule has 2 N–H and O–H groups in total. The van der Waals surface area contributed by atoms with Crippen LogP contribution in [0.4, 0.5) is 13.2 Å². The highest BCUT2D eigenvalue weighted by Crippen LogP contribution is 2.33. The molecule has 1 saturated heterocycles. The summed E-state index contributed by atoms with van der Waals surface area (Å²) in [7, 11) is 0. The maximum Gasteiger partial charge on any atom is 0.399 e. The van der Waals surface area contributed by atoms with E-state index in [1.54, 1.807) is 0 Å². The van der Waals surface area contributed by atoms with Crippen LogP contribution in [-0.4, -0.2) is 34.7 Å². The van der Waals surface area contributed by atoms with E-state index in [1.807, 2.05) is 18.7 Å². The Morgan fingerprint density at radius 1 is 1.50 bits per heavy atom. The fourth-order valence-electron chi connectivity index (χ4n) is 2.08. The van der Waals surface area contributed by atoms with Crippen molar-refractivity contribution in [2.75, 3.05) is 13.1 Å². The monoisotopic (exact) mass is 254 g/mol. The molecule has 0 aromatic rings. The van der Waals surface area contributed by atoms with Gasteiger partial charge in [-0.05, 0) is 33.2 Å². The van der Waals surface area contributed by atoms with Crippen LogP contribution >= 0.6 is 12.2 Å². The lowest BCUT2D eigenvalue weighted by Crippen LogP contribution is -2.48.